The van der Waals surface area contributed by atoms with Gasteiger partial charge in [0.2, 0.25) is 5.91 Å². The first-order valence-corrected chi connectivity index (χ1v) is 7.46. The summed E-state index contributed by atoms with van der Waals surface area (Å²) in [7, 11) is 0. The summed E-state index contributed by atoms with van der Waals surface area (Å²) in [6.07, 6.45) is 4.75. The second kappa shape index (κ2) is 7.10. The van der Waals surface area contributed by atoms with Crippen molar-refractivity contribution in [1.82, 2.24) is 15.5 Å². The molecule has 18 heavy (non-hydrogen) atoms. The van der Waals surface area contributed by atoms with Gasteiger partial charge in [-0.25, -0.2) is 0 Å². The number of piperidine rings is 1. The third-order valence-corrected chi connectivity index (χ3v) is 4.26. The van der Waals surface area contributed by atoms with Crippen LogP contribution in [0.15, 0.2) is 0 Å². The molecule has 4 nitrogen and oxygen atoms in total. The molecule has 1 amide bonds. The molecule has 2 aliphatic rings. The number of hydrogen-bond acceptors (Lipinski definition) is 3. The molecule has 4 heteroatoms. The Labute approximate surface area is 110 Å². The molecule has 2 N–H and O–H groups in total. The molecule has 0 aromatic rings. The zero-order chi connectivity index (χ0) is 12.8. The maximum atomic E-state index is 11.8. The van der Waals surface area contributed by atoms with Gasteiger partial charge in [0.05, 0.1) is 5.92 Å². The van der Waals surface area contributed by atoms with Crippen LogP contribution in [0.5, 0.6) is 0 Å². The van der Waals surface area contributed by atoms with Gasteiger partial charge in [-0.3, -0.25) is 4.79 Å². The van der Waals surface area contributed by atoms with Crippen LogP contribution in [-0.2, 0) is 4.79 Å². The Morgan fingerprint density at radius 1 is 1.33 bits per heavy atom. The van der Waals surface area contributed by atoms with Gasteiger partial charge < -0.3 is 15.5 Å². The molecule has 1 unspecified atom stereocenters. The first-order chi connectivity index (χ1) is 8.75. The molecule has 0 aromatic carbocycles. The first kappa shape index (κ1) is 13.8. The fourth-order valence-electron chi connectivity index (χ4n) is 2.82. The molecule has 2 saturated heterocycles. The Kier molecular flexibility index (Phi) is 5.45. The summed E-state index contributed by atoms with van der Waals surface area (Å²) < 4.78 is 0. The minimum atomic E-state index is 0.209. The van der Waals surface area contributed by atoms with Crippen LogP contribution in [0, 0.1) is 11.8 Å². The van der Waals surface area contributed by atoms with Gasteiger partial charge in [-0.1, -0.05) is 6.92 Å². The van der Waals surface area contributed by atoms with E-state index >= 15 is 0 Å². The Morgan fingerprint density at radius 3 is 2.78 bits per heavy atom. The number of amides is 1. The minimum absolute atomic E-state index is 0.209. The monoisotopic (exact) mass is 253 g/mol. The van der Waals surface area contributed by atoms with Crippen molar-refractivity contribution in [3.8, 4) is 0 Å². The van der Waals surface area contributed by atoms with E-state index in [4.69, 9.17) is 0 Å². The molecule has 0 aliphatic carbocycles. The van der Waals surface area contributed by atoms with Crippen molar-refractivity contribution < 1.29 is 4.79 Å². The van der Waals surface area contributed by atoms with Crippen LogP contribution in [0.2, 0.25) is 0 Å². The normalized spacial score (nSPS) is 26.4. The zero-order valence-electron chi connectivity index (χ0n) is 11.6. The lowest BCUT2D eigenvalue weighted by Crippen LogP contribution is -2.37. The van der Waals surface area contributed by atoms with E-state index in [1.165, 1.54) is 25.9 Å². The molecular weight excluding hydrogens is 226 g/mol. The number of hydrogen-bond donors (Lipinski definition) is 2. The van der Waals surface area contributed by atoms with Gasteiger partial charge in [0, 0.05) is 13.1 Å². The molecule has 104 valence electrons. The molecule has 0 spiro atoms. The molecule has 2 fully saturated rings. The van der Waals surface area contributed by atoms with E-state index in [0.29, 0.717) is 0 Å². The first-order valence-electron chi connectivity index (χ1n) is 7.46. The van der Waals surface area contributed by atoms with Gasteiger partial charge in [-0.15, -0.1) is 0 Å². The lowest BCUT2D eigenvalue weighted by Gasteiger charge is -2.30. The summed E-state index contributed by atoms with van der Waals surface area (Å²) in [5.41, 5.74) is 0. The Hall–Kier alpha value is -0.610. The highest BCUT2D eigenvalue weighted by Crippen LogP contribution is 2.15. The highest BCUT2D eigenvalue weighted by molar-refractivity contribution is 5.79. The fourth-order valence-corrected chi connectivity index (χ4v) is 2.82. The van der Waals surface area contributed by atoms with Crippen molar-refractivity contribution in [3.63, 3.8) is 0 Å². The van der Waals surface area contributed by atoms with Crippen molar-refractivity contribution in [2.75, 3.05) is 39.3 Å². The lowest BCUT2D eigenvalue weighted by atomic mass is 9.99. The Morgan fingerprint density at radius 2 is 2.11 bits per heavy atom. The highest BCUT2D eigenvalue weighted by atomic mass is 16.1. The number of carbonyl (C=O) groups excluding carboxylic acids is 1. The van der Waals surface area contributed by atoms with E-state index in [1.54, 1.807) is 0 Å². The second-order valence-electron chi connectivity index (χ2n) is 5.86. The summed E-state index contributed by atoms with van der Waals surface area (Å²) in [6.45, 7) is 8.63. The Bertz CT molecular complexity index is 256. The molecule has 2 heterocycles. The average molecular weight is 253 g/mol. The SMILES string of the molecule is CC1CCN(CCCNC(=O)C2CCNC2)CC1. The van der Waals surface area contributed by atoms with Crippen molar-refractivity contribution in [2.24, 2.45) is 11.8 Å². The topological polar surface area (TPSA) is 44.4 Å². The maximum absolute atomic E-state index is 11.8. The van der Waals surface area contributed by atoms with E-state index in [9.17, 15) is 4.79 Å². The van der Waals surface area contributed by atoms with Gasteiger partial charge in [-0.05, 0) is 57.8 Å². The molecule has 2 rings (SSSR count). The zero-order valence-corrected chi connectivity index (χ0v) is 11.6. The van der Waals surface area contributed by atoms with Crippen LogP contribution in [0.3, 0.4) is 0 Å². The molecule has 0 radical (unpaired) electrons. The maximum Gasteiger partial charge on any atom is 0.224 e. The van der Waals surface area contributed by atoms with E-state index in [0.717, 1.165) is 44.9 Å². The van der Waals surface area contributed by atoms with Crippen LogP contribution in [0.1, 0.15) is 32.6 Å². The van der Waals surface area contributed by atoms with E-state index < -0.39 is 0 Å². The third kappa shape index (κ3) is 4.25. The Balaban J connectivity index is 1.51. The third-order valence-electron chi connectivity index (χ3n) is 4.26. The highest BCUT2D eigenvalue weighted by Gasteiger charge is 2.21. The number of likely N-dealkylation sites (tertiary alicyclic amines) is 1. The summed E-state index contributed by atoms with van der Waals surface area (Å²) >= 11 is 0. The largest absolute Gasteiger partial charge is 0.356 e. The quantitative estimate of drug-likeness (QED) is 0.714. The lowest BCUT2D eigenvalue weighted by molar-refractivity contribution is -0.124. The van der Waals surface area contributed by atoms with Crippen molar-refractivity contribution in [2.45, 2.75) is 32.6 Å². The van der Waals surface area contributed by atoms with Crippen LogP contribution >= 0.6 is 0 Å². The number of nitrogens with zero attached hydrogens (tertiary/aromatic N) is 1. The van der Waals surface area contributed by atoms with E-state index in [-0.39, 0.29) is 11.8 Å². The van der Waals surface area contributed by atoms with Crippen LogP contribution in [0.4, 0.5) is 0 Å². The van der Waals surface area contributed by atoms with Crippen LogP contribution in [0.25, 0.3) is 0 Å². The molecule has 0 aromatic heterocycles. The van der Waals surface area contributed by atoms with Gasteiger partial charge in [0.25, 0.3) is 0 Å². The molecule has 0 saturated carbocycles. The molecular formula is C14H27N3O. The van der Waals surface area contributed by atoms with Crippen LogP contribution < -0.4 is 10.6 Å². The van der Waals surface area contributed by atoms with Crippen LogP contribution in [-0.4, -0.2) is 50.1 Å². The predicted octanol–water partition coefficient (Wildman–Crippen LogP) is 0.834. The second-order valence-corrected chi connectivity index (χ2v) is 5.86. The van der Waals surface area contributed by atoms with Gasteiger partial charge >= 0.3 is 0 Å². The van der Waals surface area contributed by atoms with Crippen molar-refractivity contribution in [1.29, 1.82) is 0 Å². The molecule has 2 aliphatic heterocycles. The van der Waals surface area contributed by atoms with Crippen molar-refractivity contribution >= 4 is 5.91 Å². The van der Waals surface area contributed by atoms with Gasteiger partial charge in [0.1, 0.15) is 0 Å². The van der Waals surface area contributed by atoms with E-state index in [1.807, 2.05) is 0 Å². The summed E-state index contributed by atoms with van der Waals surface area (Å²) in [5.74, 6) is 1.35. The summed E-state index contributed by atoms with van der Waals surface area (Å²) in [6, 6.07) is 0. The van der Waals surface area contributed by atoms with E-state index in [2.05, 4.69) is 22.5 Å². The predicted molar refractivity (Wildman–Crippen MR) is 73.4 cm³/mol. The number of rotatable bonds is 5. The number of nitrogens with one attached hydrogen (secondary N) is 2. The summed E-state index contributed by atoms with van der Waals surface area (Å²) in [5, 5.41) is 6.30. The molecule has 1 atom stereocenters. The average Bonchev–Trinajstić information content (AvgIpc) is 2.90. The molecule has 0 bridgehead atoms. The minimum Gasteiger partial charge on any atom is -0.356 e. The summed E-state index contributed by atoms with van der Waals surface area (Å²) in [4.78, 5) is 14.3. The smallest absolute Gasteiger partial charge is 0.224 e. The van der Waals surface area contributed by atoms with Gasteiger partial charge in [-0.2, -0.15) is 0 Å². The van der Waals surface area contributed by atoms with Crippen molar-refractivity contribution in [3.05, 3.63) is 0 Å². The van der Waals surface area contributed by atoms with Gasteiger partial charge in [0.15, 0.2) is 0 Å². The number of carbonyl (C=O) groups is 1. The fraction of sp³-hybridized carbons (Fsp3) is 0.929. The standard InChI is InChI=1S/C14H27N3O/c1-12-4-9-17(10-5-12)8-2-6-16-14(18)13-3-7-15-11-13/h12-13,15H,2-11H2,1H3,(H,16,18).